The Kier molecular flexibility index (Phi) is 3.46. The number of benzene rings is 1. The van der Waals surface area contributed by atoms with Gasteiger partial charge in [-0.3, -0.25) is 4.79 Å². The molecule has 2 aromatic rings. The highest BCUT2D eigenvalue weighted by Gasteiger charge is 2.07. The molecule has 0 saturated heterocycles. The van der Waals surface area contributed by atoms with Crippen molar-refractivity contribution in [3.8, 4) is 11.6 Å². The molecule has 1 heterocycles. The first-order valence-corrected chi connectivity index (χ1v) is 6.14. The zero-order valence-electron chi connectivity index (χ0n) is 9.45. The Labute approximate surface area is 112 Å². The fourth-order valence-corrected chi connectivity index (χ4v) is 1.73. The van der Waals surface area contributed by atoms with Gasteiger partial charge in [0.05, 0.1) is 6.33 Å². The highest BCUT2D eigenvalue weighted by Crippen LogP contribution is 2.23. The van der Waals surface area contributed by atoms with Gasteiger partial charge in [0.25, 0.3) is 5.56 Å². The molecule has 4 nitrogen and oxygen atoms in total. The van der Waals surface area contributed by atoms with Crippen LogP contribution in [0, 0.1) is 17.4 Å². The third kappa shape index (κ3) is 2.66. The van der Waals surface area contributed by atoms with Crippen molar-refractivity contribution in [2.45, 2.75) is 13.8 Å². The van der Waals surface area contributed by atoms with Crippen molar-refractivity contribution in [1.82, 2.24) is 9.97 Å². The number of aromatic amines is 1. The van der Waals surface area contributed by atoms with Crippen molar-refractivity contribution < 1.29 is 4.74 Å². The van der Waals surface area contributed by atoms with Crippen molar-refractivity contribution >= 4 is 22.6 Å². The van der Waals surface area contributed by atoms with Crippen LogP contribution in [0.4, 0.5) is 0 Å². The maximum absolute atomic E-state index is 11.4. The number of halogens is 1. The fourth-order valence-electron chi connectivity index (χ4n) is 1.33. The molecule has 0 amide bonds. The Hall–Kier alpha value is -1.37. The van der Waals surface area contributed by atoms with Crippen molar-refractivity contribution in [2.75, 3.05) is 0 Å². The Morgan fingerprint density at radius 2 is 2.06 bits per heavy atom. The molecule has 0 spiro atoms. The minimum Gasteiger partial charge on any atom is -0.438 e. The van der Waals surface area contributed by atoms with Crippen LogP contribution < -0.4 is 10.3 Å². The molecule has 0 aliphatic rings. The van der Waals surface area contributed by atoms with E-state index < -0.39 is 0 Å². The summed E-state index contributed by atoms with van der Waals surface area (Å²) < 4.78 is 6.03. The molecule has 1 N–H and O–H groups in total. The molecular formula is C12H11IN2O2. The lowest BCUT2D eigenvalue weighted by atomic mass is 10.1. The van der Waals surface area contributed by atoms with E-state index >= 15 is 0 Å². The van der Waals surface area contributed by atoms with E-state index in [-0.39, 0.29) is 5.56 Å². The maximum atomic E-state index is 11.4. The van der Waals surface area contributed by atoms with Crippen LogP contribution in [0.1, 0.15) is 11.1 Å². The SMILES string of the molecule is Cc1ccc(Oc2nc[nH]c(=O)c2I)cc1C. The van der Waals surface area contributed by atoms with Gasteiger partial charge in [-0.15, -0.1) is 0 Å². The van der Waals surface area contributed by atoms with Crippen molar-refractivity contribution in [2.24, 2.45) is 0 Å². The number of rotatable bonds is 2. The van der Waals surface area contributed by atoms with E-state index in [1.54, 1.807) is 0 Å². The van der Waals surface area contributed by atoms with Gasteiger partial charge >= 0.3 is 0 Å². The summed E-state index contributed by atoms with van der Waals surface area (Å²) >= 11 is 1.92. The molecular weight excluding hydrogens is 331 g/mol. The number of nitrogens with one attached hydrogen (secondary N) is 1. The molecule has 17 heavy (non-hydrogen) atoms. The highest BCUT2D eigenvalue weighted by atomic mass is 127. The lowest BCUT2D eigenvalue weighted by molar-refractivity contribution is 0.456. The second-order valence-electron chi connectivity index (χ2n) is 3.70. The van der Waals surface area contributed by atoms with Crippen molar-refractivity contribution in [3.05, 3.63) is 49.6 Å². The molecule has 1 aromatic heterocycles. The van der Waals surface area contributed by atoms with Gasteiger partial charge in [-0.2, -0.15) is 0 Å². The van der Waals surface area contributed by atoms with Gasteiger partial charge in [0.15, 0.2) is 0 Å². The van der Waals surface area contributed by atoms with E-state index in [2.05, 4.69) is 9.97 Å². The summed E-state index contributed by atoms with van der Waals surface area (Å²) in [6, 6.07) is 5.76. The Balaban J connectivity index is 2.35. The number of H-pyrrole nitrogens is 1. The molecule has 0 bridgehead atoms. The van der Waals surface area contributed by atoms with Gasteiger partial charge in [-0.05, 0) is 59.7 Å². The van der Waals surface area contributed by atoms with Gasteiger partial charge in [0.1, 0.15) is 9.32 Å². The number of aryl methyl sites for hydroxylation is 2. The fraction of sp³-hybridized carbons (Fsp3) is 0.167. The summed E-state index contributed by atoms with van der Waals surface area (Å²) in [5.74, 6) is 1.02. The normalized spacial score (nSPS) is 10.3. The monoisotopic (exact) mass is 342 g/mol. The number of hydrogen-bond donors (Lipinski definition) is 1. The van der Waals surface area contributed by atoms with Crippen LogP contribution in [-0.2, 0) is 0 Å². The average Bonchev–Trinajstić information content (AvgIpc) is 2.30. The molecule has 0 atom stereocenters. The van der Waals surface area contributed by atoms with E-state index in [1.165, 1.54) is 11.9 Å². The average molecular weight is 342 g/mol. The van der Waals surface area contributed by atoms with Crippen molar-refractivity contribution in [1.29, 1.82) is 0 Å². The van der Waals surface area contributed by atoms with Crippen LogP contribution >= 0.6 is 22.6 Å². The van der Waals surface area contributed by atoms with E-state index in [0.29, 0.717) is 15.2 Å². The summed E-state index contributed by atoms with van der Waals surface area (Å²) in [5, 5.41) is 0. The third-order valence-electron chi connectivity index (χ3n) is 2.46. The summed E-state index contributed by atoms with van der Waals surface area (Å²) in [6.45, 7) is 4.05. The van der Waals surface area contributed by atoms with Crippen LogP contribution in [-0.4, -0.2) is 9.97 Å². The van der Waals surface area contributed by atoms with Gasteiger partial charge in [0.2, 0.25) is 5.88 Å². The number of nitrogens with zero attached hydrogens (tertiary/aromatic N) is 1. The molecule has 0 radical (unpaired) electrons. The van der Waals surface area contributed by atoms with E-state index in [0.717, 1.165) is 5.56 Å². The topological polar surface area (TPSA) is 55.0 Å². The van der Waals surface area contributed by atoms with Gasteiger partial charge in [-0.25, -0.2) is 4.98 Å². The molecule has 5 heteroatoms. The quantitative estimate of drug-likeness (QED) is 0.854. The first-order chi connectivity index (χ1) is 8.08. The molecule has 0 saturated carbocycles. The Morgan fingerprint density at radius 3 is 2.76 bits per heavy atom. The lowest BCUT2D eigenvalue weighted by Crippen LogP contribution is -2.11. The molecule has 0 fully saturated rings. The zero-order valence-corrected chi connectivity index (χ0v) is 11.6. The molecule has 0 aliphatic heterocycles. The minimum atomic E-state index is -0.195. The Bertz CT molecular complexity index is 608. The molecule has 2 rings (SSSR count). The number of aromatic nitrogens is 2. The summed E-state index contributed by atoms with van der Waals surface area (Å²) in [7, 11) is 0. The molecule has 88 valence electrons. The largest absolute Gasteiger partial charge is 0.438 e. The predicted octanol–water partition coefficient (Wildman–Crippen LogP) is 2.78. The third-order valence-corrected chi connectivity index (χ3v) is 3.41. The van der Waals surface area contributed by atoms with E-state index in [1.807, 2.05) is 54.6 Å². The standard InChI is InChI=1S/C12H11IN2O2/c1-7-3-4-9(5-8(7)2)17-12-10(13)11(16)14-6-15-12/h3-6H,1-2H3,(H,14,15,16). The summed E-state index contributed by atoms with van der Waals surface area (Å²) in [6.07, 6.45) is 1.33. The van der Waals surface area contributed by atoms with E-state index in [4.69, 9.17) is 4.74 Å². The molecule has 1 aromatic carbocycles. The smallest absolute Gasteiger partial charge is 0.268 e. The molecule has 0 unspecified atom stereocenters. The van der Waals surface area contributed by atoms with Crippen LogP contribution in [0.3, 0.4) is 0 Å². The number of hydrogen-bond acceptors (Lipinski definition) is 3. The summed E-state index contributed by atoms with van der Waals surface area (Å²) in [5.41, 5.74) is 2.15. The lowest BCUT2D eigenvalue weighted by Gasteiger charge is -2.07. The van der Waals surface area contributed by atoms with Crippen LogP contribution in [0.2, 0.25) is 0 Å². The Morgan fingerprint density at radius 1 is 1.29 bits per heavy atom. The minimum absolute atomic E-state index is 0.195. The first kappa shape index (κ1) is 12.1. The van der Waals surface area contributed by atoms with Gasteiger partial charge < -0.3 is 9.72 Å². The van der Waals surface area contributed by atoms with E-state index in [9.17, 15) is 4.79 Å². The van der Waals surface area contributed by atoms with Crippen LogP contribution in [0.15, 0.2) is 29.3 Å². The second-order valence-corrected chi connectivity index (χ2v) is 4.78. The number of ether oxygens (including phenoxy) is 1. The van der Waals surface area contributed by atoms with Crippen LogP contribution in [0.25, 0.3) is 0 Å². The van der Waals surface area contributed by atoms with Gasteiger partial charge in [-0.1, -0.05) is 6.07 Å². The highest BCUT2D eigenvalue weighted by molar-refractivity contribution is 14.1. The predicted molar refractivity (Wildman–Crippen MR) is 73.6 cm³/mol. The van der Waals surface area contributed by atoms with Gasteiger partial charge in [0, 0.05) is 0 Å². The molecule has 0 aliphatic carbocycles. The summed E-state index contributed by atoms with van der Waals surface area (Å²) in [4.78, 5) is 17.9. The zero-order chi connectivity index (χ0) is 12.4. The van der Waals surface area contributed by atoms with Crippen LogP contribution in [0.5, 0.6) is 11.6 Å². The second kappa shape index (κ2) is 4.87. The maximum Gasteiger partial charge on any atom is 0.268 e. The van der Waals surface area contributed by atoms with Crippen molar-refractivity contribution in [3.63, 3.8) is 0 Å². The first-order valence-electron chi connectivity index (χ1n) is 5.06.